The van der Waals surface area contributed by atoms with Crippen molar-refractivity contribution in [1.29, 1.82) is 5.26 Å². The third kappa shape index (κ3) is 7.95. The van der Waals surface area contributed by atoms with Crippen molar-refractivity contribution in [1.82, 2.24) is 5.32 Å². The third-order valence-corrected chi connectivity index (χ3v) is 4.96. The molecule has 3 rings (SSSR count). The number of nitriles is 1. The fourth-order valence-corrected chi connectivity index (χ4v) is 3.31. The van der Waals surface area contributed by atoms with E-state index in [1.165, 1.54) is 0 Å². The zero-order valence-corrected chi connectivity index (χ0v) is 18.4. The number of anilines is 1. The zero-order chi connectivity index (χ0) is 23.3. The van der Waals surface area contributed by atoms with E-state index < -0.39 is 0 Å². The van der Waals surface area contributed by atoms with Gasteiger partial charge in [0.15, 0.2) is 0 Å². The van der Waals surface area contributed by atoms with Crippen LogP contribution in [0.3, 0.4) is 0 Å². The highest BCUT2D eigenvalue weighted by molar-refractivity contribution is 5.95. The lowest BCUT2D eigenvalue weighted by Gasteiger charge is -2.21. The molecule has 1 N–H and O–H groups in total. The lowest BCUT2D eigenvalue weighted by molar-refractivity contribution is -0.125. The Morgan fingerprint density at radius 1 is 0.970 bits per heavy atom. The monoisotopic (exact) mass is 445 g/mol. The van der Waals surface area contributed by atoms with Crippen LogP contribution in [0, 0.1) is 11.3 Å². The maximum Gasteiger partial charge on any atom is 0.227 e. The van der Waals surface area contributed by atoms with Crippen LogP contribution in [-0.4, -0.2) is 18.4 Å². The normalized spacial score (nSPS) is 10.4. The van der Waals surface area contributed by atoms with E-state index in [4.69, 9.17) is 14.4 Å². The van der Waals surface area contributed by atoms with Crippen molar-refractivity contribution in [2.75, 3.05) is 11.4 Å². The number of para-hydroxylation sites is 1. The van der Waals surface area contributed by atoms with Gasteiger partial charge in [-0.3, -0.25) is 9.59 Å². The minimum absolute atomic E-state index is 0.0762. The van der Waals surface area contributed by atoms with Crippen LogP contribution in [0.2, 0.25) is 0 Å². The van der Waals surface area contributed by atoms with Crippen molar-refractivity contribution in [3.8, 4) is 6.07 Å². The third-order valence-electron chi connectivity index (χ3n) is 4.96. The van der Waals surface area contributed by atoms with E-state index in [1.54, 1.807) is 11.2 Å². The Kier molecular flexibility index (Phi) is 9.25. The number of ether oxygens (including phenoxy) is 1. The molecule has 0 saturated heterocycles. The van der Waals surface area contributed by atoms with E-state index in [9.17, 15) is 9.59 Å². The lowest BCUT2D eigenvalue weighted by atomic mass is 10.1. The second-order valence-corrected chi connectivity index (χ2v) is 7.46. The summed E-state index contributed by atoms with van der Waals surface area (Å²) in [5, 5.41) is 11.8. The minimum Gasteiger partial charge on any atom is -0.467 e. The molecule has 0 aliphatic heterocycles. The van der Waals surface area contributed by atoms with Gasteiger partial charge in [0.25, 0.3) is 0 Å². The standard InChI is InChI=1S/C26H27N3O4/c27-14-6-15-29(23-9-2-1-3-10-23)26(31)13-12-25(30)28-18-21-7-4-8-22(17-21)19-32-20-24-11-5-16-33-24/h1-5,7-11,16-17H,6,12-13,15,18-20H2,(H,28,30). The molecule has 0 saturated carbocycles. The number of amides is 2. The summed E-state index contributed by atoms with van der Waals surface area (Å²) in [6.45, 7) is 1.51. The second-order valence-electron chi connectivity index (χ2n) is 7.46. The molecule has 33 heavy (non-hydrogen) atoms. The summed E-state index contributed by atoms with van der Waals surface area (Å²) in [4.78, 5) is 26.5. The summed E-state index contributed by atoms with van der Waals surface area (Å²) in [5.41, 5.74) is 2.68. The Morgan fingerprint density at radius 2 is 1.79 bits per heavy atom. The van der Waals surface area contributed by atoms with Crippen LogP contribution in [0.25, 0.3) is 0 Å². The summed E-state index contributed by atoms with van der Waals surface area (Å²) in [6.07, 6.45) is 2.00. The number of hydrogen-bond donors (Lipinski definition) is 1. The van der Waals surface area contributed by atoms with E-state index in [2.05, 4.69) is 11.4 Å². The molecule has 0 aliphatic rings. The first kappa shape index (κ1) is 23.8. The molecule has 0 radical (unpaired) electrons. The molecule has 3 aromatic rings. The summed E-state index contributed by atoms with van der Waals surface area (Å²) < 4.78 is 10.9. The smallest absolute Gasteiger partial charge is 0.227 e. The van der Waals surface area contributed by atoms with Gasteiger partial charge in [-0.15, -0.1) is 0 Å². The Hall–Kier alpha value is -3.89. The van der Waals surface area contributed by atoms with Gasteiger partial charge in [-0.1, -0.05) is 42.5 Å². The molecule has 0 bridgehead atoms. The van der Waals surface area contributed by atoms with E-state index in [0.29, 0.717) is 26.3 Å². The van der Waals surface area contributed by atoms with E-state index in [-0.39, 0.29) is 31.1 Å². The molecule has 7 nitrogen and oxygen atoms in total. The van der Waals surface area contributed by atoms with Crippen molar-refractivity contribution in [3.05, 3.63) is 89.9 Å². The molecule has 0 fully saturated rings. The average molecular weight is 446 g/mol. The van der Waals surface area contributed by atoms with Gasteiger partial charge in [0.2, 0.25) is 11.8 Å². The second kappa shape index (κ2) is 12.8. The minimum atomic E-state index is -0.198. The van der Waals surface area contributed by atoms with Gasteiger partial charge in [0, 0.05) is 31.6 Å². The number of carbonyl (C=O) groups excluding carboxylic acids is 2. The molecule has 1 aromatic heterocycles. The molecule has 0 atom stereocenters. The van der Waals surface area contributed by atoms with Crippen LogP contribution in [0.4, 0.5) is 5.69 Å². The van der Waals surface area contributed by atoms with Crippen molar-refractivity contribution in [3.63, 3.8) is 0 Å². The van der Waals surface area contributed by atoms with Crippen molar-refractivity contribution >= 4 is 17.5 Å². The number of rotatable bonds is 12. The van der Waals surface area contributed by atoms with E-state index in [1.807, 2.05) is 66.7 Å². The highest BCUT2D eigenvalue weighted by Gasteiger charge is 2.16. The van der Waals surface area contributed by atoms with Gasteiger partial charge < -0.3 is 19.4 Å². The SMILES string of the molecule is N#CCCN(C(=O)CCC(=O)NCc1cccc(COCc2ccco2)c1)c1ccccc1. The Morgan fingerprint density at radius 3 is 2.55 bits per heavy atom. The number of hydrogen-bond acceptors (Lipinski definition) is 5. The largest absolute Gasteiger partial charge is 0.467 e. The number of benzene rings is 2. The van der Waals surface area contributed by atoms with Gasteiger partial charge in [-0.05, 0) is 35.4 Å². The van der Waals surface area contributed by atoms with Gasteiger partial charge in [0.05, 0.1) is 25.4 Å². The predicted octanol–water partition coefficient (Wildman–Crippen LogP) is 4.34. The molecule has 0 aliphatic carbocycles. The molecule has 170 valence electrons. The predicted molar refractivity (Wildman–Crippen MR) is 124 cm³/mol. The summed E-state index contributed by atoms with van der Waals surface area (Å²) in [5.74, 6) is 0.393. The number of furan rings is 1. The van der Waals surface area contributed by atoms with Crippen LogP contribution in [0.1, 0.15) is 36.1 Å². The highest BCUT2D eigenvalue weighted by Crippen LogP contribution is 2.16. The zero-order valence-electron chi connectivity index (χ0n) is 18.4. The van der Waals surface area contributed by atoms with Crippen LogP contribution in [0.5, 0.6) is 0 Å². The fourth-order valence-electron chi connectivity index (χ4n) is 3.31. The van der Waals surface area contributed by atoms with Gasteiger partial charge >= 0.3 is 0 Å². The molecule has 7 heteroatoms. The van der Waals surface area contributed by atoms with Crippen molar-refractivity contribution in [2.45, 2.75) is 39.0 Å². The Bertz CT molecular complexity index is 1060. The summed E-state index contributed by atoms with van der Waals surface area (Å²) in [6, 6.07) is 22.7. The molecular weight excluding hydrogens is 418 g/mol. The van der Waals surface area contributed by atoms with Crippen molar-refractivity contribution < 1.29 is 18.7 Å². The van der Waals surface area contributed by atoms with E-state index >= 15 is 0 Å². The number of nitrogens with zero attached hydrogens (tertiary/aromatic N) is 2. The molecular formula is C26H27N3O4. The average Bonchev–Trinajstić information content (AvgIpc) is 3.36. The van der Waals surface area contributed by atoms with Gasteiger partial charge in [0.1, 0.15) is 12.4 Å². The lowest BCUT2D eigenvalue weighted by Crippen LogP contribution is -2.33. The first-order valence-corrected chi connectivity index (χ1v) is 10.8. The summed E-state index contributed by atoms with van der Waals surface area (Å²) >= 11 is 0. The van der Waals surface area contributed by atoms with Crippen LogP contribution in [0.15, 0.2) is 77.4 Å². The Labute approximate surface area is 193 Å². The highest BCUT2D eigenvalue weighted by atomic mass is 16.5. The van der Waals surface area contributed by atoms with E-state index in [0.717, 1.165) is 22.6 Å². The molecule has 1 heterocycles. The van der Waals surface area contributed by atoms with Crippen LogP contribution >= 0.6 is 0 Å². The van der Waals surface area contributed by atoms with Gasteiger partial charge in [-0.2, -0.15) is 5.26 Å². The molecule has 2 aromatic carbocycles. The quantitative estimate of drug-likeness (QED) is 0.447. The van der Waals surface area contributed by atoms with Crippen molar-refractivity contribution in [2.24, 2.45) is 0 Å². The molecule has 0 unspecified atom stereocenters. The topological polar surface area (TPSA) is 95.6 Å². The fraction of sp³-hybridized carbons (Fsp3) is 0.269. The van der Waals surface area contributed by atoms with Crippen LogP contribution < -0.4 is 10.2 Å². The maximum atomic E-state index is 12.7. The first-order chi connectivity index (χ1) is 16.2. The van der Waals surface area contributed by atoms with Gasteiger partial charge in [-0.25, -0.2) is 0 Å². The number of nitrogens with one attached hydrogen (secondary N) is 1. The maximum absolute atomic E-state index is 12.7. The Balaban J connectivity index is 1.43. The van der Waals surface area contributed by atoms with Crippen LogP contribution in [-0.2, 0) is 34.1 Å². The number of carbonyl (C=O) groups is 2. The molecule has 2 amide bonds. The molecule has 0 spiro atoms. The summed E-state index contributed by atoms with van der Waals surface area (Å²) in [7, 11) is 0. The first-order valence-electron chi connectivity index (χ1n) is 10.8.